The van der Waals surface area contributed by atoms with Crippen molar-refractivity contribution in [3.8, 4) is 11.5 Å². The first-order chi connectivity index (χ1) is 23.0. The van der Waals surface area contributed by atoms with Crippen molar-refractivity contribution in [3.63, 3.8) is 0 Å². The molecule has 0 aromatic heterocycles. The third-order valence-corrected chi connectivity index (χ3v) is 7.68. The molecule has 0 bridgehead atoms. The number of carbonyl (C=O) groups is 3. The van der Waals surface area contributed by atoms with Crippen molar-refractivity contribution in [2.45, 2.75) is 58.8 Å². The topological polar surface area (TPSA) is 200 Å². The number of nitrogens with two attached hydrogens (primary N) is 1. The Balaban J connectivity index is 2.44. The molecule has 15 nitrogen and oxygen atoms in total. The van der Waals surface area contributed by atoms with Crippen LogP contribution in [-0.4, -0.2) is 108 Å². The second kappa shape index (κ2) is 25.9. The zero-order valence-corrected chi connectivity index (χ0v) is 29.7. The van der Waals surface area contributed by atoms with Gasteiger partial charge in [-0.15, -0.1) is 0 Å². The van der Waals surface area contributed by atoms with E-state index in [1.807, 2.05) is 6.92 Å². The van der Waals surface area contributed by atoms with Crippen molar-refractivity contribution in [1.82, 2.24) is 10.6 Å². The minimum absolute atomic E-state index is 0.102. The predicted molar refractivity (Wildman–Crippen MR) is 182 cm³/mol. The third-order valence-electron chi connectivity index (χ3n) is 6.68. The number of benzene rings is 1. The van der Waals surface area contributed by atoms with E-state index in [1.165, 1.54) is 19.2 Å². The molecule has 0 heterocycles. The number of ether oxygens (including phenoxy) is 6. The fourth-order valence-corrected chi connectivity index (χ4v) is 4.80. The summed E-state index contributed by atoms with van der Waals surface area (Å²) >= 11 is 0.676. The molecule has 0 saturated carbocycles. The molecule has 0 radical (unpaired) electrons. The van der Waals surface area contributed by atoms with Crippen LogP contribution in [0.3, 0.4) is 0 Å². The number of hydrogen-bond donors (Lipinski definition) is 3. The average Bonchev–Trinajstić information content (AvgIpc) is 3.07. The molecule has 0 spiro atoms. The molecule has 1 aromatic carbocycles. The van der Waals surface area contributed by atoms with Gasteiger partial charge in [-0.1, -0.05) is 52.3 Å². The SMILES string of the molecule is CCCCC(C)C(=O)NCCNC(=O)C(N)C(=O)SCc1cc(OC)c(OCCOCCOCCOCCOCC(C)C)cc1[N+](=O)[O-]. The number of nitrogens with zero attached hydrogens (tertiary/aromatic N) is 1. The number of unbranched alkanes of at least 4 members (excludes halogenated alkanes) is 1. The summed E-state index contributed by atoms with van der Waals surface area (Å²) in [7, 11) is 1.39. The standard InChI is InChI=1S/C32H54N4O11S/c1-6-7-8-24(4)30(37)34-9-10-35-31(38)29(33)32(39)48-22-25-19-27(42-5)28(20-26(25)36(40)41)47-18-17-45-14-13-43-11-12-44-15-16-46-21-23(2)3/h19-20,23-24,29H,6-18,21-22,33H2,1-5H3,(H,34,37)(H,35,38). The lowest BCUT2D eigenvalue weighted by molar-refractivity contribution is -0.385. The van der Waals surface area contributed by atoms with E-state index in [0.29, 0.717) is 63.9 Å². The minimum Gasteiger partial charge on any atom is -0.493 e. The number of amides is 2. The van der Waals surface area contributed by atoms with Crippen LogP contribution in [0.5, 0.6) is 11.5 Å². The maximum Gasteiger partial charge on any atom is 0.277 e. The summed E-state index contributed by atoms with van der Waals surface area (Å²) in [5.41, 5.74) is 5.73. The Bertz CT molecular complexity index is 1110. The number of thioether (sulfide) groups is 1. The first kappa shape index (κ1) is 43.0. The van der Waals surface area contributed by atoms with Crippen LogP contribution in [-0.2, 0) is 39.1 Å². The number of rotatable bonds is 28. The summed E-state index contributed by atoms with van der Waals surface area (Å²) in [6.07, 6.45) is 2.73. The molecule has 4 N–H and O–H groups in total. The van der Waals surface area contributed by atoms with Gasteiger partial charge in [-0.05, 0) is 18.4 Å². The minimum atomic E-state index is -1.49. The predicted octanol–water partition coefficient (Wildman–Crippen LogP) is 2.85. The van der Waals surface area contributed by atoms with Gasteiger partial charge in [-0.2, -0.15) is 0 Å². The molecule has 2 atom stereocenters. The molecule has 0 aliphatic heterocycles. The van der Waals surface area contributed by atoms with Crippen LogP contribution in [0.25, 0.3) is 0 Å². The van der Waals surface area contributed by atoms with Crippen LogP contribution < -0.4 is 25.8 Å². The second-order valence-corrected chi connectivity index (χ2v) is 12.2. The van der Waals surface area contributed by atoms with Crippen molar-refractivity contribution in [1.29, 1.82) is 0 Å². The van der Waals surface area contributed by atoms with Crippen LogP contribution in [0.1, 0.15) is 52.5 Å². The van der Waals surface area contributed by atoms with Gasteiger partial charge in [0.1, 0.15) is 6.61 Å². The summed E-state index contributed by atoms with van der Waals surface area (Å²) in [5, 5.41) is 16.4. The van der Waals surface area contributed by atoms with Crippen molar-refractivity contribution in [2.75, 3.05) is 79.7 Å². The number of nitro groups is 1. The Morgan fingerprint density at radius 1 is 0.875 bits per heavy atom. The van der Waals surface area contributed by atoms with Crippen molar-refractivity contribution in [2.24, 2.45) is 17.6 Å². The van der Waals surface area contributed by atoms with E-state index in [1.54, 1.807) is 0 Å². The highest BCUT2D eigenvalue weighted by molar-refractivity contribution is 8.13. The number of hydrogen-bond acceptors (Lipinski definition) is 13. The quantitative estimate of drug-likeness (QED) is 0.0499. The Kier molecular flexibility index (Phi) is 23.2. The Hall–Kier alpha value is -3.02. The number of nitrogens with one attached hydrogen (secondary N) is 2. The second-order valence-electron chi connectivity index (χ2n) is 11.3. The smallest absolute Gasteiger partial charge is 0.277 e. The summed E-state index contributed by atoms with van der Waals surface area (Å²) in [5.74, 6) is -0.206. The maximum atomic E-state index is 12.6. The first-order valence-corrected chi connectivity index (χ1v) is 17.3. The van der Waals surface area contributed by atoms with E-state index < -0.39 is 22.0 Å². The van der Waals surface area contributed by atoms with Crippen LogP contribution in [0.4, 0.5) is 5.69 Å². The number of nitro benzene ring substituents is 1. The molecular formula is C32H54N4O11S. The monoisotopic (exact) mass is 702 g/mol. The average molecular weight is 703 g/mol. The van der Waals surface area contributed by atoms with Crippen molar-refractivity contribution >= 4 is 34.4 Å². The molecule has 1 rings (SSSR count). The zero-order chi connectivity index (χ0) is 35.7. The molecule has 0 aliphatic rings. The molecular weight excluding hydrogens is 648 g/mol. The van der Waals surface area contributed by atoms with Crippen LogP contribution in [0, 0.1) is 22.0 Å². The Labute approximate surface area is 287 Å². The van der Waals surface area contributed by atoms with Gasteiger partial charge in [-0.25, -0.2) is 0 Å². The number of methoxy groups -OCH3 is 1. The zero-order valence-electron chi connectivity index (χ0n) is 28.9. The van der Waals surface area contributed by atoms with E-state index in [-0.39, 0.29) is 66.6 Å². The van der Waals surface area contributed by atoms with E-state index in [9.17, 15) is 24.5 Å². The van der Waals surface area contributed by atoms with E-state index in [0.717, 1.165) is 19.3 Å². The summed E-state index contributed by atoms with van der Waals surface area (Å²) in [4.78, 5) is 48.3. The van der Waals surface area contributed by atoms with Gasteiger partial charge in [0.2, 0.25) is 16.9 Å². The fraction of sp³-hybridized carbons (Fsp3) is 0.719. The van der Waals surface area contributed by atoms with Crippen molar-refractivity contribution < 1.29 is 47.7 Å². The molecule has 48 heavy (non-hydrogen) atoms. The van der Waals surface area contributed by atoms with Crippen LogP contribution in [0.2, 0.25) is 0 Å². The molecule has 0 fully saturated rings. The van der Waals surface area contributed by atoms with Crippen molar-refractivity contribution in [3.05, 3.63) is 27.8 Å². The number of carbonyl (C=O) groups excluding carboxylic acids is 3. The summed E-state index contributed by atoms with van der Waals surface area (Å²) in [6.45, 7) is 12.0. The molecule has 0 saturated heterocycles. The van der Waals surface area contributed by atoms with Gasteiger partial charge in [0.25, 0.3) is 5.69 Å². The highest BCUT2D eigenvalue weighted by atomic mass is 32.2. The first-order valence-electron chi connectivity index (χ1n) is 16.3. The molecule has 1 aromatic rings. The van der Waals surface area contributed by atoms with Gasteiger partial charge in [0.05, 0.1) is 64.3 Å². The lowest BCUT2D eigenvalue weighted by Crippen LogP contribution is -2.47. The van der Waals surface area contributed by atoms with Crippen LogP contribution in [0.15, 0.2) is 12.1 Å². The molecule has 2 unspecified atom stereocenters. The van der Waals surface area contributed by atoms with E-state index in [2.05, 4.69) is 31.4 Å². The van der Waals surface area contributed by atoms with Gasteiger partial charge in [0, 0.05) is 36.9 Å². The van der Waals surface area contributed by atoms with Gasteiger partial charge < -0.3 is 44.8 Å². The Morgan fingerprint density at radius 3 is 1.98 bits per heavy atom. The lowest BCUT2D eigenvalue weighted by atomic mass is 10.0. The lowest BCUT2D eigenvalue weighted by Gasteiger charge is -2.14. The van der Waals surface area contributed by atoms with E-state index in [4.69, 9.17) is 34.2 Å². The summed E-state index contributed by atoms with van der Waals surface area (Å²) < 4.78 is 32.8. The van der Waals surface area contributed by atoms with Gasteiger partial charge in [0.15, 0.2) is 17.5 Å². The molecule has 274 valence electrons. The summed E-state index contributed by atoms with van der Waals surface area (Å²) in [6, 6.07) is 1.15. The largest absolute Gasteiger partial charge is 0.493 e. The van der Waals surface area contributed by atoms with Gasteiger partial charge in [-0.3, -0.25) is 24.5 Å². The normalized spacial score (nSPS) is 12.4. The molecule has 0 aliphatic carbocycles. The van der Waals surface area contributed by atoms with E-state index >= 15 is 0 Å². The third kappa shape index (κ3) is 18.5. The molecule has 16 heteroatoms. The maximum absolute atomic E-state index is 12.6. The van der Waals surface area contributed by atoms with Crippen LogP contribution >= 0.6 is 11.8 Å². The highest BCUT2D eigenvalue weighted by Crippen LogP contribution is 2.36. The molecule has 2 amide bonds. The highest BCUT2D eigenvalue weighted by Gasteiger charge is 2.25. The van der Waals surface area contributed by atoms with Gasteiger partial charge >= 0.3 is 0 Å². The Morgan fingerprint density at radius 2 is 1.44 bits per heavy atom. The fourth-order valence-electron chi connectivity index (χ4n) is 3.98.